The van der Waals surface area contributed by atoms with Gasteiger partial charge in [-0.05, 0) is 50.9 Å². The molecule has 2 aromatic rings. The van der Waals surface area contributed by atoms with Gasteiger partial charge in [0.15, 0.2) is 0 Å². The van der Waals surface area contributed by atoms with E-state index in [0.29, 0.717) is 13.1 Å². The highest BCUT2D eigenvalue weighted by molar-refractivity contribution is 5.82. The molecule has 128 valence electrons. The molecule has 3 rings (SSSR count). The second kappa shape index (κ2) is 6.77. The predicted molar refractivity (Wildman–Crippen MR) is 94.8 cm³/mol. The highest BCUT2D eigenvalue weighted by atomic mass is 16.2. The van der Waals surface area contributed by atoms with Crippen LogP contribution in [0.1, 0.15) is 28.1 Å². The van der Waals surface area contributed by atoms with Crippen LogP contribution in [0.25, 0.3) is 0 Å². The maximum absolute atomic E-state index is 12.6. The number of aryl methyl sites for hydroxylation is 1. The molecule has 5 heteroatoms. The second-order valence-electron chi connectivity index (χ2n) is 6.71. The van der Waals surface area contributed by atoms with Crippen molar-refractivity contribution in [1.82, 2.24) is 20.0 Å². The molecule has 0 saturated carbocycles. The SMILES string of the molecule is Cc1nn(CCNC(=O)C2Cc3ccccc3CN2C)c(C)c1C. The maximum atomic E-state index is 12.6. The van der Waals surface area contributed by atoms with Gasteiger partial charge < -0.3 is 5.32 Å². The van der Waals surface area contributed by atoms with Crippen LogP contribution >= 0.6 is 0 Å². The number of carbonyl (C=O) groups is 1. The first-order valence-electron chi connectivity index (χ1n) is 8.52. The van der Waals surface area contributed by atoms with Gasteiger partial charge in [-0.15, -0.1) is 0 Å². The average Bonchev–Trinajstić information content (AvgIpc) is 2.81. The molecule has 1 amide bonds. The molecule has 1 aromatic carbocycles. The summed E-state index contributed by atoms with van der Waals surface area (Å²) in [4.78, 5) is 14.7. The molecule has 5 nitrogen and oxygen atoms in total. The van der Waals surface area contributed by atoms with Gasteiger partial charge in [-0.25, -0.2) is 0 Å². The number of hydrogen-bond donors (Lipinski definition) is 1. The first-order valence-corrected chi connectivity index (χ1v) is 8.52. The predicted octanol–water partition coefficient (Wildman–Crippen LogP) is 1.98. The second-order valence-corrected chi connectivity index (χ2v) is 6.71. The lowest BCUT2D eigenvalue weighted by Gasteiger charge is -2.33. The van der Waals surface area contributed by atoms with E-state index in [0.717, 1.165) is 18.7 Å². The lowest BCUT2D eigenvalue weighted by atomic mass is 9.94. The molecule has 0 spiro atoms. The number of rotatable bonds is 4. The maximum Gasteiger partial charge on any atom is 0.237 e. The smallest absolute Gasteiger partial charge is 0.237 e. The number of nitrogens with one attached hydrogen (secondary N) is 1. The molecule has 0 saturated heterocycles. The van der Waals surface area contributed by atoms with E-state index in [1.807, 2.05) is 24.7 Å². The molecule has 1 atom stereocenters. The Morgan fingerprint density at radius 1 is 1.25 bits per heavy atom. The number of aromatic nitrogens is 2. The van der Waals surface area contributed by atoms with Crippen molar-refractivity contribution in [2.24, 2.45) is 0 Å². The zero-order valence-electron chi connectivity index (χ0n) is 15.0. The lowest BCUT2D eigenvalue weighted by Crippen LogP contribution is -2.49. The molecule has 1 unspecified atom stereocenters. The third kappa shape index (κ3) is 3.22. The Bertz CT molecular complexity index is 750. The molecule has 0 fully saturated rings. The minimum atomic E-state index is -0.0953. The Balaban J connectivity index is 1.58. The fourth-order valence-electron chi connectivity index (χ4n) is 3.35. The van der Waals surface area contributed by atoms with Crippen molar-refractivity contribution in [1.29, 1.82) is 0 Å². The highest BCUT2D eigenvalue weighted by Gasteiger charge is 2.28. The summed E-state index contributed by atoms with van der Waals surface area (Å²) in [6.45, 7) is 8.31. The number of benzene rings is 1. The van der Waals surface area contributed by atoms with Crippen molar-refractivity contribution < 1.29 is 4.79 Å². The number of carbonyl (C=O) groups excluding carboxylic acids is 1. The number of fused-ring (bicyclic) bond motifs is 1. The summed E-state index contributed by atoms with van der Waals surface area (Å²) in [7, 11) is 2.02. The molecular formula is C19H26N4O. The molecular weight excluding hydrogens is 300 g/mol. The standard InChI is InChI=1S/C19H26N4O/c1-13-14(2)21-23(15(13)3)10-9-20-19(24)18-11-16-7-5-6-8-17(16)12-22(18)4/h5-8,18H,9-12H2,1-4H3,(H,20,24). The molecule has 2 heterocycles. The van der Waals surface area contributed by atoms with Crippen LogP contribution in [0.5, 0.6) is 0 Å². The molecule has 1 aliphatic heterocycles. The van der Waals surface area contributed by atoms with Gasteiger partial charge in [-0.3, -0.25) is 14.4 Å². The van der Waals surface area contributed by atoms with Crippen molar-refractivity contribution in [3.8, 4) is 0 Å². The largest absolute Gasteiger partial charge is 0.353 e. The van der Waals surface area contributed by atoms with Crippen LogP contribution in [0, 0.1) is 20.8 Å². The van der Waals surface area contributed by atoms with Crippen LogP contribution in [0.3, 0.4) is 0 Å². The van der Waals surface area contributed by atoms with Crippen LogP contribution in [-0.2, 0) is 24.3 Å². The number of nitrogens with zero attached hydrogens (tertiary/aromatic N) is 3. The number of amides is 1. The summed E-state index contributed by atoms with van der Waals surface area (Å²) in [6, 6.07) is 8.28. The molecule has 1 aliphatic rings. The number of hydrogen-bond acceptors (Lipinski definition) is 3. The summed E-state index contributed by atoms with van der Waals surface area (Å²) >= 11 is 0. The van der Waals surface area contributed by atoms with Crippen molar-refractivity contribution >= 4 is 5.91 Å². The Kier molecular flexibility index (Phi) is 4.71. The summed E-state index contributed by atoms with van der Waals surface area (Å²) in [5.41, 5.74) is 6.06. The Labute approximate surface area is 143 Å². The Morgan fingerprint density at radius 2 is 1.96 bits per heavy atom. The first kappa shape index (κ1) is 16.7. The van der Waals surface area contributed by atoms with Crippen molar-refractivity contribution in [3.63, 3.8) is 0 Å². The van der Waals surface area contributed by atoms with Gasteiger partial charge in [0.2, 0.25) is 5.91 Å². The van der Waals surface area contributed by atoms with E-state index >= 15 is 0 Å². The first-order chi connectivity index (χ1) is 11.5. The quantitative estimate of drug-likeness (QED) is 0.935. The summed E-state index contributed by atoms with van der Waals surface area (Å²) in [5, 5.41) is 7.60. The molecule has 24 heavy (non-hydrogen) atoms. The Hall–Kier alpha value is -2.14. The van der Waals surface area contributed by atoms with Crippen LogP contribution < -0.4 is 5.32 Å². The third-order valence-corrected chi connectivity index (χ3v) is 5.15. The molecule has 0 bridgehead atoms. The Morgan fingerprint density at radius 3 is 2.62 bits per heavy atom. The zero-order chi connectivity index (χ0) is 17.3. The summed E-state index contributed by atoms with van der Waals surface area (Å²) in [6.07, 6.45) is 0.775. The van der Waals surface area contributed by atoms with Gasteiger partial charge in [0.25, 0.3) is 0 Å². The highest BCUT2D eigenvalue weighted by Crippen LogP contribution is 2.21. The van der Waals surface area contributed by atoms with E-state index in [9.17, 15) is 4.79 Å². The van der Waals surface area contributed by atoms with Gasteiger partial charge in [0, 0.05) is 18.8 Å². The lowest BCUT2D eigenvalue weighted by molar-refractivity contribution is -0.126. The van der Waals surface area contributed by atoms with Gasteiger partial charge in [-0.1, -0.05) is 24.3 Å². The van der Waals surface area contributed by atoms with E-state index < -0.39 is 0 Å². The van der Waals surface area contributed by atoms with Gasteiger partial charge in [0.1, 0.15) is 0 Å². The molecule has 1 aromatic heterocycles. The summed E-state index contributed by atoms with van der Waals surface area (Å²) in [5.74, 6) is 0.102. The normalized spacial score (nSPS) is 17.6. The fraction of sp³-hybridized carbons (Fsp3) is 0.474. The molecule has 0 radical (unpaired) electrons. The average molecular weight is 326 g/mol. The van der Waals surface area contributed by atoms with Crippen LogP contribution in [0.4, 0.5) is 0 Å². The van der Waals surface area contributed by atoms with E-state index in [1.165, 1.54) is 22.4 Å². The minimum Gasteiger partial charge on any atom is -0.353 e. The van der Waals surface area contributed by atoms with Gasteiger partial charge in [0.05, 0.1) is 18.3 Å². The van der Waals surface area contributed by atoms with Gasteiger partial charge in [-0.2, -0.15) is 5.10 Å². The van der Waals surface area contributed by atoms with E-state index in [-0.39, 0.29) is 11.9 Å². The zero-order valence-corrected chi connectivity index (χ0v) is 15.0. The minimum absolute atomic E-state index is 0.0953. The van der Waals surface area contributed by atoms with Crippen molar-refractivity contribution in [3.05, 3.63) is 52.3 Å². The fourth-order valence-corrected chi connectivity index (χ4v) is 3.35. The van der Waals surface area contributed by atoms with E-state index in [4.69, 9.17) is 0 Å². The topological polar surface area (TPSA) is 50.2 Å². The van der Waals surface area contributed by atoms with Crippen LogP contribution in [0.2, 0.25) is 0 Å². The summed E-state index contributed by atoms with van der Waals surface area (Å²) < 4.78 is 1.98. The van der Waals surface area contributed by atoms with Crippen LogP contribution in [0.15, 0.2) is 24.3 Å². The van der Waals surface area contributed by atoms with Crippen molar-refractivity contribution in [2.75, 3.05) is 13.6 Å². The molecule has 0 aliphatic carbocycles. The van der Waals surface area contributed by atoms with E-state index in [2.05, 4.69) is 47.4 Å². The number of likely N-dealkylation sites (N-methyl/N-ethyl adjacent to an activating group) is 1. The monoisotopic (exact) mass is 326 g/mol. The van der Waals surface area contributed by atoms with Crippen molar-refractivity contribution in [2.45, 2.75) is 46.3 Å². The van der Waals surface area contributed by atoms with E-state index in [1.54, 1.807) is 0 Å². The van der Waals surface area contributed by atoms with Gasteiger partial charge >= 0.3 is 0 Å². The third-order valence-electron chi connectivity index (χ3n) is 5.15. The molecule has 1 N–H and O–H groups in total. The van der Waals surface area contributed by atoms with Crippen LogP contribution in [-0.4, -0.2) is 40.2 Å².